The number of hydrazine groups is 1. The standard InChI is InChI=1S/C25H17ClN2O5S2/c26-18-9-5-15(6-10-18)14-33-19-11-7-16(8-12-19)22(29)27-28-23(30)21(35-25(28)34)13-17-3-1-2-4-20(17)24(31)32/h1-13H,14H2,(H,27,29)(H,31,32)/b21-13+. The SMILES string of the molecule is O=C(NN1C(=O)/C(=C\c2ccccc2C(=O)O)SC1=S)c1ccc(OCc2ccc(Cl)cc2)cc1. The molecule has 1 heterocycles. The third-order valence-corrected chi connectivity index (χ3v) is 6.47. The monoisotopic (exact) mass is 524 g/mol. The van der Waals surface area contributed by atoms with Crippen LogP contribution < -0.4 is 10.2 Å². The molecule has 7 nitrogen and oxygen atoms in total. The number of aromatic carboxylic acids is 1. The van der Waals surface area contributed by atoms with E-state index in [4.69, 9.17) is 28.6 Å². The lowest BCUT2D eigenvalue weighted by Crippen LogP contribution is -2.44. The second-order valence-corrected chi connectivity index (χ2v) is 9.40. The lowest BCUT2D eigenvalue weighted by Gasteiger charge is -2.16. The van der Waals surface area contributed by atoms with Crippen LogP contribution in [0, 0.1) is 0 Å². The topological polar surface area (TPSA) is 95.9 Å². The molecule has 0 aliphatic carbocycles. The van der Waals surface area contributed by atoms with Crippen molar-refractivity contribution in [1.82, 2.24) is 10.4 Å². The predicted octanol–water partition coefficient (Wildman–Crippen LogP) is 5.16. The maximum absolute atomic E-state index is 12.8. The van der Waals surface area contributed by atoms with Gasteiger partial charge in [0.05, 0.1) is 10.5 Å². The van der Waals surface area contributed by atoms with Crippen LogP contribution in [-0.4, -0.2) is 32.2 Å². The van der Waals surface area contributed by atoms with E-state index in [-0.39, 0.29) is 14.8 Å². The molecular weight excluding hydrogens is 508 g/mol. The Morgan fingerprint density at radius 2 is 1.74 bits per heavy atom. The van der Waals surface area contributed by atoms with Crippen LogP contribution in [0.15, 0.2) is 77.7 Å². The summed E-state index contributed by atoms with van der Waals surface area (Å²) in [5.41, 5.74) is 4.17. The van der Waals surface area contributed by atoms with E-state index in [1.54, 1.807) is 54.6 Å². The van der Waals surface area contributed by atoms with Gasteiger partial charge in [-0.15, -0.1) is 0 Å². The summed E-state index contributed by atoms with van der Waals surface area (Å²) in [4.78, 5) is 37.2. The van der Waals surface area contributed by atoms with Crippen molar-refractivity contribution in [3.63, 3.8) is 0 Å². The summed E-state index contributed by atoms with van der Waals surface area (Å²) in [7, 11) is 0. The van der Waals surface area contributed by atoms with Crippen molar-refractivity contribution in [2.24, 2.45) is 0 Å². The highest BCUT2D eigenvalue weighted by atomic mass is 35.5. The highest BCUT2D eigenvalue weighted by Crippen LogP contribution is 2.32. The van der Waals surface area contributed by atoms with Gasteiger partial charge < -0.3 is 9.84 Å². The molecule has 1 aliphatic rings. The molecule has 10 heteroatoms. The lowest BCUT2D eigenvalue weighted by atomic mass is 10.1. The summed E-state index contributed by atoms with van der Waals surface area (Å²) in [6.07, 6.45) is 1.45. The third kappa shape index (κ3) is 5.89. The van der Waals surface area contributed by atoms with Gasteiger partial charge in [-0.3, -0.25) is 15.0 Å². The molecule has 2 N–H and O–H groups in total. The summed E-state index contributed by atoms with van der Waals surface area (Å²) in [6.45, 7) is 0.344. The first-order chi connectivity index (χ1) is 16.8. The Bertz CT molecular complexity index is 1340. The fourth-order valence-corrected chi connectivity index (χ4v) is 4.44. The number of carbonyl (C=O) groups is 3. The second kappa shape index (κ2) is 10.7. The third-order valence-electron chi connectivity index (χ3n) is 4.92. The van der Waals surface area contributed by atoms with Gasteiger partial charge in [0.2, 0.25) is 0 Å². The Labute approximate surface area is 215 Å². The van der Waals surface area contributed by atoms with Crippen molar-refractivity contribution in [1.29, 1.82) is 0 Å². The van der Waals surface area contributed by atoms with Crippen molar-refractivity contribution in [2.75, 3.05) is 0 Å². The molecule has 0 radical (unpaired) electrons. The maximum atomic E-state index is 12.8. The van der Waals surface area contributed by atoms with E-state index in [2.05, 4.69) is 5.43 Å². The number of amides is 2. The Morgan fingerprint density at radius 3 is 2.43 bits per heavy atom. The van der Waals surface area contributed by atoms with Gasteiger partial charge >= 0.3 is 5.97 Å². The van der Waals surface area contributed by atoms with Gasteiger partial charge in [0.1, 0.15) is 12.4 Å². The van der Waals surface area contributed by atoms with Crippen molar-refractivity contribution in [3.8, 4) is 5.75 Å². The smallest absolute Gasteiger partial charge is 0.336 e. The molecule has 3 aromatic rings. The average molecular weight is 525 g/mol. The number of halogens is 1. The first kappa shape index (κ1) is 24.5. The average Bonchev–Trinajstić information content (AvgIpc) is 3.11. The Balaban J connectivity index is 1.40. The van der Waals surface area contributed by atoms with E-state index < -0.39 is 17.8 Å². The summed E-state index contributed by atoms with van der Waals surface area (Å²) in [5.74, 6) is -1.61. The molecule has 0 atom stereocenters. The predicted molar refractivity (Wildman–Crippen MR) is 138 cm³/mol. The number of rotatable bonds is 7. The highest BCUT2D eigenvalue weighted by Gasteiger charge is 2.34. The number of ether oxygens (including phenoxy) is 1. The van der Waals surface area contributed by atoms with Crippen LogP contribution in [0.1, 0.15) is 31.8 Å². The zero-order chi connectivity index (χ0) is 24.9. The molecule has 176 valence electrons. The molecule has 1 aliphatic heterocycles. The van der Waals surface area contributed by atoms with Gasteiger partial charge in [0.25, 0.3) is 11.8 Å². The number of hydrogen-bond donors (Lipinski definition) is 2. The minimum atomic E-state index is -1.11. The van der Waals surface area contributed by atoms with E-state index in [1.165, 1.54) is 12.1 Å². The van der Waals surface area contributed by atoms with E-state index in [1.807, 2.05) is 12.1 Å². The van der Waals surface area contributed by atoms with Crippen LogP contribution in [-0.2, 0) is 11.4 Å². The van der Waals surface area contributed by atoms with Crippen LogP contribution >= 0.6 is 35.6 Å². The van der Waals surface area contributed by atoms with Gasteiger partial charge in [-0.2, -0.15) is 5.01 Å². The number of hydrogen-bond acceptors (Lipinski definition) is 6. The van der Waals surface area contributed by atoms with Crippen molar-refractivity contribution >= 4 is 63.8 Å². The number of carboxylic acid groups (broad SMARTS) is 1. The molecule has 0 saturated carbocycles. The largest absolute Gasteiger partial charge is 0.489 e. The molecule has 1 fully saturated rings. The van der Waals surface area contributed by atoms with Crippen LogP contribution in [0.4, 0.5) is 0 Å². The molecule has 2 amide bonds. The highest BCUT2D eigenvalue weighted by molar-refractivity contribution is 8.26. The minimum Gasteiger partial charge on any atom is -0.489 e. The van der Waals surface area contributed by atoms with E-state index in [0.29, 0.717) is 28.5 Å². The van der Waals surface area contributed by atoms with Crippen molar-refractivity contribution in [3.05, 3.63) is 105 Å². The molecule has 0 aromatic heterocycles. The normalized spacial score (nSPS) is 14.3. The molecule has 0 bridgehead atoms. The summed E-state index contributed by atoms with van der Waals surface area (Å²) in [6, 6.07) is 20.0. The first-order valence-corrected chi connectivity index (χ1v) is 11.8. The van der Waals surface area contributed by atoms with Gasteiger partial charge in [-0.25, -0.2) is 4.79 Å². The second-order valence-electron chi connectivity index (χ2n) is 7.29. The van der Waals surface area contributed by atoms with Crippen LogP contribution in [0.2, 0.25) is 5.02 Å². The lowest BCUT2D eigenvalue weighted by molar-refractivity contribution is -0.123. The molecule has 1 saturated heterocycles. The number of thioether (sulfide) groups is 1. The summed E-state index contributed by atoms with van der Waals surface area (Å²) < 4.78 is 5.85. The quantitative estimate of drug-likeness (QED) is 0.325. The zero-order valence-corrected chi connectivity index (χ0v) is 20.3. The number of benzene rings is 3. The molecule has 4 rings (SSSR count). The summed E-state index contributed by atoms with van der Waals surface area (Å²) >= 11 is 12.1. The van der Waals surface area contributed by atoms with E-state index >= 15 is 0 Å². The number of carboxylic acids is 1. The fraction of sp³-hybridized carbons (Fsp3) is 0.0400. The van der Waals surface area contributed by atoms with Crippen molar-refractivity contribution in [2.45, 2.75) is 6.61 Å². The Hall–Kier alpha value is -3.66. The van der Waals surface area contributed by atoms with Crippen molar-refractivity contribution < 1.29 is 24.2 Å². The molecular formula is C25H17ClN2O5S2. The number of carbonyl (C=O) groups excluding carboxylic acids is 2. The van der Waals surface area contributed by atoms with Gasteiger partial charge in [-0.1, -0.05) is 53.7 Å². The Morgan fingerprint density at radius 1 is 1.06 bits per heavy atom. The van der Waals surface area contributed by atoms with Crippen LogP contribution in [0.3, 0.4) is 0 Å². The molecule has 0 unspecified atom stereocenters. The van der Waals surface area contributed by atoms with E-state index in [0.717, 1.165) is 22.3 Å². The number of nitrogens with one attached hydrogen (secondary N) is 1. The van der Waals surface area contributed by atoms with Crippen LogP contribution in [0.25, 0.3) is 6.08 Å². The van der Waals surface area contributed by atoms with Gasteiger partial charge in [0.15, 0.2) is 4.32 Å². The molecule has 35 heavy (non-hydrogen) atoms. The van der Waals surface area contributed by atoms with E-state index in [9.17, 15) is 19.5 Å². The maximum Gasteiger partial charge on any atom is 0.336 e. The van der Waals surface area contributed by atoms with Crippen LogP contribution in [0.5, 0.6) is 5.75 Å². The van der Waals surface area contributed by atoms with Gasteiger partial charge in [0, 0.05) is 10.6 Å². The van der Waals surface area contributed by atoms with Gasteiger partial charge in [-0.05, 0) is 71.9 Å². The zero-order valence-electron chi connectivity index (χ0n) is 17.9. The molecule has 0 spiro atoms. The number of thiocarbonyl (C=S) groups is 1. The number of nitrogens with zero attached hydrogens (tertiary/aromatic N) is 1. The Kier molecular flexibility index (Phi) is 7.50. The first-order valence-electron chi connectivity index (χ1n) is 10.2. The molecule has 3 aromatic carbocycles. The minimum absolute atomic E-state index is 0.0557. The fourth-order valence-electron chi connectivity index (χ4n) is 3.14. The summed E-state index contributed by atoms with van der Waals surface area (Å²) in [5, 5.41) is 11.0.